The van der Waals surface area contributed by atoms with E-state index in [4.69, 9.17) is 19.4 Å². The quantitative estimate of drug-likeness (QED) is 0.360. The van der Waals surface area contributed by atoms with E-state index in [9.17, 15) is 4.79 Å². The molecule has 0 atom stereocenters. The molecule has 1 N–H and O–H groups in total. The first-order valence-electron chi connectivity index (χ1n) is 11.8. The molecular formula is C29H26N2O4. The van der Waals surface area contributed by atoms with Crippen LogP contribution >= 0.6 is 0 Å². The lowest BCUT2D eigenvalue weighted by Gasteiger charge is -2.21. The minimum atomic E-state index is -0.980. The highest BCUT2D eigenvalue weighted by molar-refractivity contribution is 5.73. The highest BCUT2D eigenvalue weighted by Crippen LogP contribution is 2.36. The number of allylic oxidation sites excluding steroid dienone is 2. The molecule has 0 aliphatic heterocycles. The number of hydrogen-bond donors (Lipinski definition) is 1. The van der Waals surface area contributed by atoms with Crippen LogP contribution in [0.5, 0.6) is 5.75 Å². The van der Waals surface area contributed by atoms with E-state index in [1.54, 1.807) is 0 Å². The summed E-state index contributed by atoms with van der Waals surface area (Å²) >= 11 is 0. The summed E-state index contributed by atoms with van der Waals surface area (Å²) < 4.78 is 11.3. The molecule has 35 heavy (non-hydrogen) atoms. The molecule has 6 heteroatoms. The van der Waals surface area contributed by atoms with Crippen molar-refractivity contribution in [2.24, 2.45) is 0 Å². The molecule has 0 saturated heterocycles. The molecule has 1 aliphatic rings. The Morgan fingerprint density at radius 1 is 0.971 bits per heavy atom. The van der Waals surface area contributed by atoms with Crippen molar-refractivity contribution in [3.8, 4) is 5.75 Å². The monoisotopic (exact) mass is 466 g/mol. The Morgan fingerprint density at radius 3 is 2.37 bits per heavy atom. The van der Waals surface area contributed by atoms with E-state index < -0.39 is 5.97 Å². The van der Waals surface area contributed by atoms with E-state index in [2.05, 4.69) is 41.6 Å². The summed E-state index contributed by atoms with van der Waals surface area (Å²) in [7, 11) is 0. The second kappa shape index (κ2) is 10.4. The fourth-order valence-electron chi connectivity index (χ4n) is 4.65. The van der Waals surface area contributed by atoms with Crippen molar-refractivity contribution < 1.29 is 19.2 Å². The number of benzene rings is 3. The van der Waals surface area contributed by atoms with Crippen LogP contribution in [0.15, 0.2) is 89.5 Å². The van der Waals surface area contributed by atoms with Gasteiger partial charge >= 0.3 is 5.97 Å². The van der Waals surface area contributed by atoms with Crippen LogP contribution in [-0.4, -0.2) is 27.8 Å². The molecular weight excluding hydrogens is 440 g/mol. The van der Waals surface area contributed by atoms with Crippen molar-refractivity contribution in [2.45, 2.75) is 31.6 Å². The van der Waals surface area contributed by atoms with E-state index in [0.29, 0.717) is 23.9 Å². The second-order valence-corrected chi connectivity index (χ2v) is 8.55. The summed E-state index contributed by atoms with van der Waals surface area (Å²) in [5.74, 6) is 0.743. The molecule has 0 unspecified atom stereocenters. The predicted octanol–water partition coefficient (Wildman–Crippen LogP) is 5.68. The standard InChI is InChI=1S/C29H26N2O4/c32-27(33)19-34-25-16-8-14-23-20(13-7-15-24(23)25)17-18-26-30-29(35-31-26)28(21-9-3-1-4-10-21)22-11-5-2-6-12-22/h1-6,8-12,14,16-17,28H,7,13,15,18-19H2,(H,32,33)/b20-17-. The maximum Gasteiger partial charge on any atom is 0.341 e. The second-order valence-electron chi connectivity index (χ2n) is 8.55. The Balaban J connectivity index is 1.39. The Labute approximate surface area is 203 Å². The topological polar surface area (TPSA) is 85.5 Å². The van der Waals surface area contributed by atoms with Crippen LogP contribution < -0.4 is 4.74 Å². The van der Waals surface area contributed by atoms with Gasteiger partial charge in [-0.2, -0.15) is 4.98 Å². The lowest BCUT2D eigenvalue weighted by molar-refractivity contribution is -0.139. The lowest BCUT2D eigenvalue weighted by Crippen LogP contribution is -2.12. The molecule has 1 heterocycles. The van der Waals surface area contributed by atoms with Crippen LogP contribution in [0.4, 0.5) is 0 Å². The molecule has 1 aromatic heterocycles. The number of nitrogens with zero attached hydrogens (tertiary/aromatic N) is 2. The average Bonchev–Trinajstić information content (AvgIpc) is 3.36. The third-order valence-corrected chi connectivity index (χ3v) is 6.23. The minimum Gasteiger partial charge on any atom is -0.482 e. The third kappa shape index (κ3) is 5.17. The van der Waals surface area contributed by atoms with Crippen molar-refractivity contribution in [1.82, 2.24) is 10.1 Å². The molecule has 3 aromatic carbocycles. The van der Waals surface area contributed by atoms with Crippen molar-refractivity contribution in [3.63, 3.8) is 0 Å². The van der Waals surface area contributed by atoms with Gasteiger partial charge in [0.25, 0.3) is 0 Å². The van der Waals surface area contributed by atoms with E-state index in [-0.39, 0.29) is 12.5 Å². The fourth-order valence-corrected chi connectivity index (χ4v) is 4.65. The fraction of sp³-hybridized carbons (Fsp3) is 0.207. The molecule has 5 rings (SSSR count). The predicted molar refractivity (Wildman–Crippen MR) is 132 cm³/mol. The van der Waals surface area contributed by atoms with Crippen LogP contribution in [0.1, 0.15) is 52.7 Å². The summed E-state index contributed by atoms with van der Waals surface area (Å²) in [6.45, 7) is -0.342. The van der Waals surface area contributed by atoms with E-state index in [1.165, 1.54) is 5.57 Å². The Kier molecular flexibility index (Phi) is 6.70. The summed E-state index contributed by atoms with van der Waals surface area (Å²) in [6.07, 6.45) is 5.48. The molecule has 0 saturated carbocycles. The Morgan fingerprint density at radius 2 is 1.69 bits per heavy atom. The highest BCUT2D eigenvalue weighted by Gasteiger charge is 2.23. The number of carboxylic acid groups (broad SMARTS) is 1. The van der Waals surface area contributed by atoms with Gasteiger partial charge in [0.05, 0.1) is 5.92 Å². The molecule has 0 spiro atoms. The highest BCUT2D eigenvalue weighted by atomic mass is 16.5. The largest absolute Gasteiger partial charge is 0.482 e. The first kappa shape index (κ1) is 22.6. The summed E-state index contributed by atoms with van der Waals surface area (Å²) in [5.41, 5.74) is 5.56. The maximum atomic E-state index is 10.9. The number of hydrogen-bond acceptors (Lipinski definition) is 5. The molecule has 0 bridgehead atoms. The zero-order valence-electron chi connectivity index (χ0n) is 19.3. The number of aromatic nitrogens is 2. The Hall–Kier alpha value is -4.19. The van der Waals surface area contributed by atoms with Gasteiger partial charge in [0.15, 0.2) is 12.4 Å². The Bertz CT molecular complexity index is 1290. The van der Waals surface area contributed by atoms with Crippen molar-refractivity contribution in [1.29, 1.82) is 0 Å². The van der Waals surface area contributed by atoms with Crippen molar-refractivity contribution in [3.05, 3.63) is 119 Å². The first-order valence-corrected chi connectivity index (χ1v) is 11.8. The van der Waals surface area contributed by atoms with Crippen LogP contribution in [0.25, 0.3) is 5.57 Å². The number of carbonyl (C=O) groups is 1. The van der Waals surface area contributed by atoms with Crippen molar-refractivity contribution in [2.75, 3.05) is 6.61 Å². The first-order chi connectivity index (χ1) is 17.2. The molecule has 176 valence electrons. The molecule has 6 nitrogen and oxygen atoms in total. The van der Waals surface area contributed by atoms with Gasteiger partial charge in [0.1, 0.15) is 5.75 Å². The van der Waals surface area contributed by atoms with Gasteiger partial charge in [-0.15, -0.1) is 0 Å². The van der Waals surface area contributed by atoms with Crippen LogP contribution in [-0.2, 0) is 17.6 Å². The molecule has 4 aromatic rings. The van der Waals surface area contributed by atoms with Gasteiger partial charge in [-0.25, -0.2) is 4.79 Å². The minimum absolute atomic E-state index is 0.129. The van der Waals surface area contributed by atoms with Gasteiger partial charge in [0, 0.05) is 12.0 Å². The summed E-state index contributed by atoms with van der Waals surface area (Å²) in [6, 6.07) is 26.2. The zero-order chi connectivity index (χ0) is 24.0. The van der Waals surface area contributed by atoms with E-state index in [0.717, 1.165) is 41.5 Å². The molecule has 0 amide bonds. The van der Waals surface area contributed by atoms with Gasteiger partial charge in [-0.05, 0) is 47.6 Å². The SMILES string of the molecule is O=C(O)COc1cccc2c1CCC/C2=C/Cc1noc(C(c2ccccc2)c2ccccc2)n1. The van der Waals surface area contributed by atoms with Gasteiger partial charge in [-0.3, -0.25) is 0 Å². The van der Waals surface area contributed by atoms with E-state index >= 15 is 0 Å². The zero-order valence-corrected chi connectivity index (χ0v) is 19.3. The van der Waals surface area contributed by atoms with Crippen molar-refractivity contribution >= 4 is 11.5 Å². The molecule has 0 fully saturated rings. The van der Waals surface area contributed by atoms with Gasteiger partial charge < -0.3 is 14.4 Å². The maximum absolute atomic E-state index is 10.9. The number of aliphatic carboxylic acids is 1. The summed E-state index contributed by atoms with van der Waals surface area (Å²) in [4.78, 5) is 15.7. The van der Waals surface area contributed by atoms with E-state index in [1.807, 2.05) is 48.5 Å². The third-order valence-electron chi connectivity index (χ3n) is 6.23. The van der Waals surface area contributed by atoms with Crippen LogP contribution in [0, 0.1) is 0 Å². The smallest absolute Gasteiger partial charge is 0.341 e. The molecule has 1 aliphatic carbocycles. The number of carboxylic acids is 1. The van der Waals surface area contributed by atoms with Gasteiger partial charge in [0.2, 0.25) is 5.89 Å². The normalized spacial score (nSPS) is 14.1. The lowest BCUT2D eigenvalue weighted by atomic mass is 9.86. The van der Waals surface area contributed by atoms with Crippen LogP contribution in [0.2, 0.25) is 0 Å². The summed E-state index contributed by atoms with van der Waals surface area (Å²) in [5, 5.41) is 13.2. The molecule has 0 radical (unpaired) electrons. The number of fused-ring (bicyclic) bond motifs is 1. The number of rotatable bonds is 8. The average molecular weight is 467 g/mol. The number of ether oxygens (including phenoxy) is 1. The van der Waals surface area contributed by atoms with Crippen LogP contribution in [0.3, 0.4) is 0 Å². The van der Waals surface area contributed by atoms with Gasteiger partial charge in [-0.1, -0.05) is 84.0 Å².